The van der Waals surface area contributed by atoms with Crippen LogP contribution in [0.2, 0.25) is 4.34 Å². The first-order valence-electron chi connectivity index (χ1n) is 9.59. The standard InChI is InChI=1S/C20H26ClN3O3S2/c1-3-16-4-6-17(7-5-16)14-22(2)15-19(25)23-10-12-24(13-11-23)29(26,27)20-9-8-18(21)28-20/h4-9H,3,10-15H2,1-2H3. The van der Waals surface area contributed by atoms with Crippen LogP contribution in [0.1, 0.15) is 18.1 Å². The molecule has 29 heavy (non-hydrogen) atoms. The van der Waals surface area contributed by atoms with Crippen molar-refractivity contribution < 1.29 is 13.2 Å². The van der Waals surface area contributed by atoms with Gasteiger partial charge in [0.25, 0.3) is 10.0 Å². The Morgan fingerprint density at radius 3 is 2.24 bits per heavy atom. The highest BCUT2D eigenvalue weighted by atomic mass is 35.5. The molecule has 158 valence electrons. The normalized spacial score (nSPS) is 15.8. The number of halogens is 1. The smallest absolute Gasteiger partial charge is 0.252 e. The Balaban J connectivity index is 1.50. The van der Waals surface area contributed by atoms with E-state index in [0.29, 0.717) is 43.6 Å². The molecule has 1 aliphatic rings. The lowest BCUT2D eigenvalue weighted by molar-refractivity contribution is -0.133. The third kappa shape index (κ3) is 5.58. The molecule has 3 rings (SSSR count). The van der Waals surface area contributed by atoms with Gasteiger partial charge in [-0.2, -0.15) is 4.31 Å². The molecule has 6 nitrogen and oxygen atoms in total. The van der Waals surface area contributed by atoms with Gasteiger partial charge in [-0.1, -0.05) is 42.8 Å². The number of piperazine rings is 1. The monoisotopic (exact) mass is 455 g/mol. The van der Waals surface area contributed by atoms with Gasteiger partial charge in [-0.25, -0.2) is 8.42 Å². The highest BCUT2D eigenvalue weighted by Crippen LogP contribution is 2.28. The maximum atomic E-state index is 12.7. The molecule has 0 saturated carbocycles. The topological polar surface area (TPSA) is 60.9 Å². The lowest BCUT2D eigenvalue weighted by Crippen LogP contribution is -2.52. The summed E-state index contributed by atoms with van der Waals surface area (Å²) in [6.07, 6.45) is 1.01. The summed E-state index contributed by atoms with van der Waals surface area (Å²) >= 11 is 6.93. The lowest BCUT2D eigenvalue weighted by Gasteiger charge is -2.34. The molecule has 9 heteroatoms. The summed E-state index contributed by atoms with van der Waals surface area (Å²) in [4.78, 5) is 16.4. The number of hydrogen-bond acceptors (Lipinski definition) is 5. The van der Waals surface area contributed by atoms with E-state index in [1.807, 2.05) is 11.9 Å². The molecule has 1 fully saturated rings. The zero-order valence-corrected chi connectivity index (χ0v) is 19.1. The molecule has 1 aromatic carbocycles. The Kier molecular flexibility index (Phi) is 7.34. The number of benzene rings is 1. The van der Waals surface area contributed by atoms with Crippen LogP contribution in [0.3, 0.4) is 0 Å². The SMILES string of the molecule is CCc1ccc(CN(C)CC(=O)N2CCN(S(=O)(=O)c3ccc(Cl)s3)CC2)cc1. The van der Waals surface area contributed by atoms with Gasteiger partial charge in [0.2, 0.25) is 5.91 Å². The number of rotatable bonds is 7. The van der Waals surface area contributed by atoms with E-state index in [2.05, 4.69) is 31.2 Å². The average Bonchev–Trinajstić information content (AvgIpc) is 3.16. The van der Waals surface area contributed by atoms with Gasteiger partial charge in [0.15, 0.2) is 0 Å². The van der Waals surface area contributed by atoms with E-state index in [4.69, 9.17) is 11.6 Å². The Bertz CT molecular complexity index is 936. The van der Waals surface area contributed by atoms with Crippen molar-refractivity contribution >= 4 is 38.9 Å². The molecule has 0 unspecified atom stereocenters. The number of hydrogen-bond donors (Lipinski definition) is 0. The average molecular weight is 456 g/mol. The number of amides is 1. The Morgan fingerprint density at radius 2 is 1.69 bits per heavy atom. The predicted molar refractivity (Wildman–Crippen MR) is 117 cm³/mol. The highest BCUT2D eigenvalue weighted by molar-refractivity contribution is 7.91. The molecule has 1 amide bonds. The fourth-order valence-electron chi connectivity index (χ4n) is 3.32. The van der Waals surface area contributed by atoms with Crippen LogP contribution in [-0.4, -0.2) is 68.2 Å². The van der Waals surface area contributed by atoms with Crippen molar-refractivity contribution in [1.29, 1.82) is 0 Å². The molecule has 1 aliphatic heterocycles. The summed E-state index contributed by atoms with van der Waals surface area (Å²) in [5, 5.41) is 0. The Morgan fingerprint density at radius 1 is 1.07 bits per heavy atom. The van der Waals surface area contributed by atoms with E-state index in [9.17, 15) is 13.2 Å². The second kappa shape index (κ2) is 9.57. The number of sulfonamides is 1. The summed E-state index contributed by atoms with van der Waals surface area (Å²) < 4.78 is 27.5. The van der Waals surface area contributed by atoms with Gasteiger partial charge in [0, 0.05) is 32.7 Å². The largest absolute Gasteiger partial charge is 0.339 e. The molecule has 1 aromatic heterocycles. The quantitative estimate of drug-likeness (QED) is 0.644. The van der Waals surface area contributed by atoms with E-state index in [1.165, 1.54) is 21.5 Å². The van der Waals surface area contributed by atoms with Gasteiger partial charge < -0.3 is 4.90 Å². The first kappa shape index (κ1) is 22.2. The van der Waals surface area contributed by atoms with Crippen molar-refractivity contribution in [2.24, 2.45) is 0 Å². The first-order valence-corrected chi connectivity index (χ1v) is 12.2. The van der Waals surface area contributed by atoms with Gasteiger partial charge in [0.1, 0.15) is 4.21 Å². The lowest BCUT2D eigenvalue weighted by atomic mass is 10.1. The molecular weight excluding hydrogens is 430 g/mol. The van der Waals surface area contributed by atoms with Gasteiger partial charge >= 0.3 is 0 Å². The summed E-state index contributed by atoms with van der Waals surface area (Å²) in [5.74, 6) is 0.0221. The molecule has 0 aliphatic carbocycles. The number of carbonyl (C=O) groups excluding carboxylic acids is 1. The van der Waals surface area contributed by atoms with Crippen molar-refractivity contribution in [3.05, 3.63) is 51.9 Å². The third-order valence-corrected chi connectivity index (χ3v) is 8.62. The second-order valence-electron chi connectivity index (χ2n) is 7.19. The zero-order valence-electron chi connectivity index (χ0n) is 16.7. The van der Waals surface area contributed by atoms with Crippen molar-refractivity contribution in [3.8, 4) is 0 Å². The molecule has 0 atom stereocenters. The van der Waals surface area contributed by atoms with E-state index in [0.717, 1.165) is 17.8 Å². The fraction of sp³-hybridized carbons (Fsp3) is 0.450. The minimum absolute atomic E-state index is 0.0221. The Hall–Kier alpha value is -1.45. The van der Waals surface area contributed by atoms with Crippen LogP contribution in [0.4, 0.5) is 0 Å². The fourth-order valence-corrected chi connectivity index (χ4v) is 6.38. The van der Waals surface area contributed by atoms with Gasteiger partial charge in [-0.05, 0) is 36.7 Å². The molecule has 1 saturated heterocycles. The van der Waals surface area contributed by atoms with E-state index in [-0.39, 0.29) is 10.1 Å². The van der Waals surface area contributed by atoms with Crippen LogP contribution in [0.5, 0.6) is 0 Å². The van der Waals surface area contributed by atoms with Crippen LogP contribution in [0.25, 0.3) is 0 Å². The van der Waals surface area contributed by atoms with Crippen molar-refractivity contribution in [2.45, 2.75) is 24.1 Å². The van der Waals surface area contributed by atoms with Crippen molar-refractivity contribution in [2.75, 3.05) is 39.8 Å². The summed E-state index contributed by atoms with van der Waals surface area (Å²) in [5.41, 5.74) is 2.47. The number of carbonyl (C=O) groups is 1. The van der Waals surface area contributed by atoms with Gasteiger partial charge in [0.05, 0.1) is 10.9 Å². The summed E-state index contributed by atoms with van der Waals surface area (Å²) in [6, 6.07) is 11.5. The van der Waals surface area contributed by atoms with Gasteiger partial charge in [-0.15, -0.1) is 11.3 Å². The van der Waals surface area contributed by atoms with E-state index >= 15 is 0 Å². The molecule has 0 radical (unpaired) electrons. The number of thiophene rings is 1. The van der Waals surface area contributed by atoms with Crippen LogP contribution in [0.15, 0.2) is 40.6 Å². The molecule has 0 N–H and O–H groups in total. The molecule has 0 bridgehead atoms. The predicted octanol–water partition coefficient (Wildman–Crippen LogP) is 2.93. The summed E-state index contributed by atoms with van der Waals surface area (Å²) in [6.45, 7) is 4.52. The van der Waals surface area contributed by atoms with Crippen molar-refractivity contribution in [3.63, 3.8) is 0 Å². The van der Waals surface area contributed by atoms with Crippen molar-refractivity contribution in [1.82, 2.24) is 14.1 Å². The minimum atomic E-state index is -3.54. The summed E-state index contributed by atoms with van der Waals surface area (Å²) in [7, 11) is -1.62. The molecule has 0 spiro atoms. The number of likely N-dealkylation sites (N-methyl/N-ethyl adjacent to an activating group) is 1. The maximum Gasteiger partial charge on any atom is 0.252 e. The highest BCUT2D eigenvalue weighted by Gasteiger charge is 2.31. The maximum absolute atomic E-state index is 12.7. The van der Waals surface area contributed by atoms with E-state index in [1.54, 1.807) is 11.0 Å². The minimum Gasteiger partial charge on any atom is -0.339 e. The molecule has 2 heterocycles. The Labute approximate surface area is 181 Å². The number of aryl methyl sites for hydroxylation is 1. The van der Waals surface area contributed by atoms with E-state index < -0.39 is 10.0 Å². The van der Waals surface area contributed by atoms with Gasteiger partial charge in [-0.3, -0.25) is 9.69 Å². The van der Waals surface area contributed by atoms with Crippen LogP contribution >= 0.6 is 22.9 Å². The molecular formula is C20H26ClN3O3S2. The third-order valence-electron chi connectivity index (χ3n) is 5.02. The van der Waals surface area contributed by atoms with Crippen LogP contribution in [0, 0.1) is 0 Å². The molecule has 2 aromatic rings. The first-order chi connectivity index (χ1) is 13.8. The van der Waals surface area contributed by atoms with Crippen LogP contribution < -0.4 is 0 Å². The van der Waals surface area contributed by atoms with Crippen LogP contribution in [-0.2, 0) is 27.8 Å². The zero-order chi connectivity index (χ0) is 21.0. The second-order valence-corrected chi connectivity index (χ2v) is 11.1. The number of nitrogens with zero attached hydrogens (tertiary/aromatic N) is 3.